The van der Waals surface area contributed by atoms with Crippen molar-refractivity contribution >= 4 is 40.9 Å². The van der Waals surface area contributed by atoms with E-state index < -0.39 is 24.2 Å². The average molecular weight is 420 g/mol. The fourth-order valence-electron chi connectivity index (χ4n) is 2.87. The first-order chi connectivity index (χ1) is 13.9. The van der Waals surface area contributed by atoms with Crippen molar-refractivity contribution < 1.29 is 27.9 Å². The Bertz CT molecular complexity index is 906. The molecule has 0 atom stereocenters. The standard InChI is InChI=1S/C20H18F2N2O4S/c21-20(22)29-16-5-2-1-4-15(16)23-17(25)12-28-19(27)13-7-9-14(10-8-13)24-11-3-6-18(24)26/h1-2,4-5,7-10,20H,3,6,11-12H2,(H,23,25). The first-order valence-corrected chi connectivity index (χ1v) is 9.73. The van der Waals surface area contributed by atoms with Crippen LogP contribution in [-0.4, -0.2) is 36.7 Å². The van der Waals surface area contributed by atoms with Gasteiger partial charge in [0, 0.05) is 23.5 Å². The van der Waals surface area contributed by atoms with Gasteiger partial charge in [-0.2, -0.15) is 8.78 Å². The smallest absolute Gasteiger partial charge is 0.338 e. The summed E-state index contributed by atoms with van der Waals surface area (Å²) in [7, 11) is 0. The topological polar surface area (TPSA) is 75.7 Å². The Balaban J connectivity index is 1.54. The highest BCUT2D eigenvalue weighted by Crippen LogP contribution is 2.31. The number of esters is 1. The van der Waals surface area contributed by atoms with E-state index in [0.717, 1.165) is 6.42 Å². The van der Waals surface area contributed by atoms with Crippen LogP contribution in [0.15, 0.2) is 53.4 Å². The number of carbonyl (C=O) groups is 3. The van der Waals surface area contributed by atoms with E-state index in [4.69, 9.17) is 4.74 Å². The quantitative estimate of drug-likeness (QED) is 0.543. The van der Waals surface area contributed by atoms with Gasteiger partial charge in [-0.15, -0.1) is 0 Å². The minimum Gasteiger partial charge on any atom is -0.452 e. The van der Waals surface area contributed by atoms with E-state index in [2.05, 4.69) is 5.32 Å². The fraction of sp³-hybridized carbons (Fsp3) is 0.250. The highest BCUT2D eigenvalue weighted by atomic mass is 32.2. The lowest BCUT2D eigenvalue weighted by Gasteiger charge is -2.15. The molecule has 0 saturated carbocycles. The fourth-order valence-corrected chi connectivity index (χ4v) is 3.46. The van der Waals surface area contributed by atoms with Crippen LogP contribution in [0.3, 0.4) is 0 Å². The maximum absolute atomic E-state index is 12.6. The van der Waals surface area contributed by atoms with Gasteiger partial charge in [0.15, 0.2) is 6.61 Å². The molecule has 3 rings (SSSR count). The highest BCUT2D eigenvalue weighted by Gasteiger charge is 2.22. The molecule has 0 unspecified atom stereocenters. The van der Waals surface area contributed by atoms with Crippen LogP contribution >= 0.6 is 11.8 Å². The van der Waals surface area contributed by atoms with E-state index in [9.17, 15) is 23.2 Å². The number of anilines is 2. The second kappa shape index (κ2) is 9.51. The Labute approximate surface area is 170 Å². The van der Waals surface area contributed by atoms with Crippen LogP contribution in [0.25, 0.3) is 0 Å². The molecular weight excluding hydrogens is 402 g/mol. The molecule has 1 heterocycles. The number of carbonyl (C=O) groups excluding carboxylic acids is 3. The minimum absolute atomic E-state index is 0.0438. The van der Waals surface area contributed by atoms with Gasteiger partial charge in [-0.25, -0.2) is 4.79 Å². The van der Waals surface area contributed by atoms with Crippen molar-refractivity contribution in [1.29, 1.82) is 0 Å². The number of rotatable bonds is 7. The van der Waals surface area contributed by atoms with Gasteiger partial charge >= 0.3 is 5.97 Å². The maximum atomic E-state index is 12.6. The van der Waals surface area contributed by atoms with Crippen LogP contribution in [0, 0.1) is 0 Å². The summed E-state index contributed by atoms with van der Waals surface area (Å²) in [5.74, 6) is -3.92. The number of hydrogen-bond donors (Lipinski definition) is 1. The monoisotopic (exact) mass is 420 g/mol. The second-order valence-electron chi connectivity index (χ2n) is 6.19. The predicted octanol–water partition coefficient (Wildman–Crippen LogP) is 3.92. The number of ether oxygens (including phenoxy) is 1. The third kappa shape index (κ3) is 5.54. The number of amides is 2. The summed E-state index contributed by atoms with van der Waals surface area (Å²) in [6.45, 7) is 0.0903. The summed E-state index contributed by atoms with van der Waals surface area (Å²) in [6, 6.07) is 12.5. The normalized spacial score (nSPS) is 13.6. The van der Waals surface area contributed by atoms with E-state index in [0.29, 0.717) is 30.4 Å². The minimum atomic E-state index is -2.62. The van der Waals surface area contributed by atoms with E-state index in [-0.39, 0.29) is 22.1 Å². The molecule has 0 aliphatic carbocycles. The van der Waals surface area contributed by atoms with Gasteiger partial charge in [0.05, 0.1) is 11.3 Å². The molecule has 2 aromatic rings. The zero-order chi connectivity index (χ0) is 20.8. The maximum Gasteiger partial charge on any atom is 0.338 e. The van der Waals surface area contributed by atoms with E-state index >= 15 is 0 Å². The van der Waals surface area contributed by atoms with Crippen molar-refractivity contribution in [2.24, 2.45) is 0 Å². The zero-order valence-corrected chi connectivity index (χ0v) is 16.1. The average Bonchev–Trinajstić information content (AvgIpc) is 3.13. The van der Waals surface area contributed by atoms with E-state index in [1.807, 2.05) is 0 Å². The van der Waals surface area contributed by atoms with Crippen molar-refractivity contribution in [2.75, 3.05) is 23.4 Å². The molecule has 2 aromatic carbocycles. The molecule has 1 fully saturated rings. The number of alkyl halides is 2. The Morgan fingerprint density at radius 3 is 2.52 bits per heavy atom. The van der Waals surface area contributed by atoms with Gasteiger partial charge < -0.3 is 15.0 Å². The largest absolute Gasteiger partial charge is 0.452 e. The van der Waals surface area contributed by atoms with Crippen molar-refractivity contribution in [1.82, 2.24) is 0 Å². The molecular formula is C20H18F2N2O4S. The first-order valence-electron chi connectivity index (χ1n) is 8.85. The molecule has 1 N–H and O–H groups in total. The summed E-state index contributed by atoms with van der Waals surface area (Å²) in [5.41, 5.74) is 1.16. The number of halogens is 2. The van der Waals surface area contributed by atoms with Crippen molar-refractivity contribution in [2.45, 2.75) is 23.5 Å². The molecule has 2 amide bonds. The zero-order valence-electron chi connectivity index (χ0n) is 15.3. The predicted molar refractivity (Wildman–Crippen MR) is 105 cm³/mol. The molecule has 1 aliphatic rings. The van der Waals surface area contributed by atoms with Crippen molar-refractivity contribution in [3.63, 3.8) is 0 Å². The Kier molecular flexibility index (Phi) is 6.82. The van der Waals surface area contributed by atoms with Gasteiger partial charge in [0.25, 0.3) is 11.7 Å². The number of para-hydroxylation sites is 1. The van der Waals surface area contributed by atoms with Crippen molar-refractivity contribution in [3.8, 4) is 0 Å². The Morgan fingerprint density at radius 2 is 1.86 bits per heavy atom. The number of benzene rings is 2. The molecule has 29 heavy (non-hydrogen) atoms. The molecule has 0 radical (unpaired) electrons. The number of hydrogen-bond acceptors (Lipinski definition) is 5. The van der Waals surface area contributed by atoms with Gasteiger partial charge in [0.2, 0.25) is 5.91 Å². The molecule has 1 aliphatic heterocycles. The SMILES string of the molecule is O=C(COC(=O)c1ccc(N2CCCC2=O)cc1)Nc1ccccc1SC(F)F. The number of nitrogens with zero attached hydrogens (tertiary/aromatic N) is 1. The van der Waals surface area contributed by atoms with E-state index in [1.54, 1.807) is 29.2 Å². The molecule has 1 saturated heterocycles. The molecule has 6 nitrogen and oxygen atoms in total. The third-order valence-corrected chi connectivity index (χ3v) is 4.99. The molecule has 0 spiro atoms. The Hall–Kier alpha value is -2.94. The highest BCUT2D eigenvalue weighted by molar-refractivity contribution is 7.99. The van der Waals surface area contributed by atoms with Gasteiger partial charge in [-0.05, 0) is 42.8 Å². The summed E-state index contributed by atoms with van der Waals surface area (Å²) in [5, 5.41) is 2.46. The summed E-state index contributed by atoms with van der Waals surface area (Å²) >= 11 is 0.316. The van der Waals surface area contributed by atoms with Gasteiger partial charge in [0.1, 0.15) is 0 Å². The summed E-state index contributed by atoms with van der Waals surface area (Å²) in [4.78, 5) is 37.8. The lowest BCUT2D eigenvalue weighted by molar-refractivity contribution is -0.119. The lowest BCUT2D eigenvalue weighted by atomic mass is 10.2. The first kappa shape index (κ1) is 20.8. The summed E-state index contributed by atoms with van der Waals surface area (Å²) < 4.78 is 30.2. The van der Waals surface area contributed by atoms with Gasteiger partial charge in [-0.3, -0.25) is 9.59 Å². The van der Waals surface area contributed by atoms with Crippen LogP contribution in [0.5, 0.6) is 0 Å². The molecule has 9 heteroatoms. The second-order valence-corrected chi connectivity index (χ2v) is 7.23. The number of thioether (sulfide) groups is 1. The van der Waals surface area contributed by atoms with Gasteiger partial charge in [-0.1, -0.05) is 23.9 Å². The van der Waals surface area contributed by atoms with Crippen LogP contribution < -0.4 is 10.2 Å². The summed E-state index contributed by atoms with van der Waals surface area (Å²) in [6.07, 6.45) is 1.31. The van der Waals surface area contributed by atoms with Crippen molar-refractivity contribution in [3.05, 3.63) is 54.1 Å². The molecule has 0 aromatic heterocycles. The van der Waals surface area contributed by atoms with Crippen LogP contribution in [0.1, 0.15) is 23.2 Å². The van der Waals surface area contributed by atoms with Crippen LogP contribution in [0.4, 0.5) is 20.2 Å². The van der Waals surface area contributed by atoms with Crippen LogP contribution in [-0.2, 0) is 14.3 Å². The Morgan fingerprint density at radius 1 is 1.14 bits per heavy atom. The molecule has 152 valence electrons. The molecule has 0 bridgehead atoms. The van der Waals surface area contributed by atoms with Crippen LogP contribution in [0.2, 0.25) is 0 Å². The number of nitrogens with one attached hydrogen (secondary N) is 1. The van der Waals surface area contributed by atoms with E-state index in [1.165, 1.54) is 24.3 Å². The third-order valence-electron chi connectivity index (χ3n) is 4.20. The lowest BCUT2D eigenvalue weighted by Crippen LogP contribution is -2.23.